The van der Waals surface area contributed by atoms with Crippen molar-refractivity contribution in [2.24, 2.45) is 7.05 Å². The van der Waals surface area contributed by atoms with E-state index in [1.165, 1.54) is 5.56 Å². The molecular weight excluding hydrogens is 186 g/mol. The minimum Gasteiger partial charge on any atom is -0.314 e. The number of aromatic nitrogens is 2. The highest BCUT2D eigenvalue weighted by Crippen LogP contribution is 2.18. The van der Waals surface area contributed by atoms with E-state index in [-0.39, 0.29) is 0 Å². The second-order valence-electron chi connectivity index (χ2n) is 3.54. The highest BCUT2D eigenvalue weighted by molar-refractivity contribution is 5.59. The summed E-state index contributed by atoms with van der Waals surface area (Å²) in [5, 5.41) is 7.53. The number of nitrogens with zero attached hydrogens (tertiary/aromatic N) is 2. The van der Waals surface area contributed by atoms with Crippen LogP contribution in [0, 0.1) is 0 Å². The molecule has 0 radical (unpaired) electrons. The Hall–Kier alpha value is -1.61. The van der Waals surface area contributed by atoms with E-state index in [2.05, 4.69) is 28.6 Å². The molecule has 0 unspecified atom stereocenters. The summed E-state index contributed by atoms with van der Waals surface area (Å²) in [5.74, 6) is 0. The van der Waals surface area contributed by atoms with Gasteiger partial charge in [0, 0.05) is 13.6 Å². The molecule has 15 heavy (non-hydrogen) atoms. The normalized spacial score (nSPS) is 10.5. The van der Waals surface area contributed by atoms with E-state index >= 15 is 0 Å². The van der Waals surface area contributed by atoms with Crippen molar-refractivity contribution >= 4 is 0 Å². The maximum atomic E-state index is 4.43. The first-order valence-corrected chi connectivity index (χ1v) is 5.04. The largest absolute Gasteiger partial charge is 0.314 e. The molecule has 0 atom stereocenters. The van der Waals surface area contributed by atoms with Gasteiger partial charge in [-0.15, -0.1) is 0 Å². The van der Waals surface area contributed by atoms with Crippen LogP contribution in [0.4, 0.5) is 0 Å². The van der Waals surface area contributed by atoms with Gasteiger partial charge in [0.1, 0.15) is 0 Å². The van der Waals surface area contributed by atoms with Gasteiger partial charge in [0.25, 0.3) is 0 Å². The van der Waals surface area contributed by atoms with Crippen molar-refractivity contribution in [3.63, 3.8) is 0 Å². The van der Waals surface area contributed by atoms with Crippen LogP contribution in [0.3, 0.4) is 0 Å². The Kier molecular flexibility index (Phi) is 2.83. The first kappa shape index (κ1) is 9.93. The van der Waals surface area contributed by atoms with Crippen LogP contribution in [-0.2, 0) is 13.6 Å². The van der Waals surface area contributed by atoms with Crippen LogP contribution in [-0.4, -0.2) is 16.8 Å². The van der Waals surface area contributed by atoms with Crippen LogP contribution in [0.5, 0.6) is 0 Å². The first-order valence-electron chi connectivity index (χ1n) is 5.04. The smallest absolute Gasteiger partial charge is 0.0768 e. The van der Waals surface area contributed by atoms with Crippen molar-refractivity contribution in [3.8, 4) is 11.3 Å². The Morgan fingerprint density at radius 2 is 2.00 bits per heavy atom. The Balaban J connectivity index is 2.36. The Labute approximate surface area is 89.7 Å². The van der Waals surface area contributed by atoms with Crippen LogP contribution >= 0.6 is 0 Å². The van der Waals surface area contributed by atoms with E-state index in [1.54, 1.807) is 0 Å². The zero-order valence-corrected chi connectivity index (χ0v) is 9.07. The lowest BCUT2D eigenvalue weighted by Gasteiger charge is -1.99. The number of hydrogen-bond acceptors (Lipinski definition) is 2. The third-order valence-electron chi connectivity index (χ3n) is 2.36. The van der Waals surface area contributed by atoms with Gasteiger partial charge in [0.2, 0.25) is 0 Å². The molecule has 1 heterocycles. The lowest BCUT2D eigenvalue weighted by atomic mass is 10.1. The lowest BCUT2D eigenvalue weighted by Crippen LogP contribution is -2.05. The number of rotatable bonds is 3. The van der Waals surface area contributed by atoms with Gasteiger partial charge in [-0.1, -0.05) is 30.3 Å². The summed E-state index contributed by atoms with van der Waals surface area (Å²) in [7, 11) is 3.90. The third-order valence-corrected chi connectivity index (χ3v) is 2.36. The molecule has 0 spiro atoms. The summed E-state index contributed by atoms with van der Waals surface area (Å²) in [5.41, 5.74) is 3.43. The fourth-order valence-corrected chi connectivity index (χ4v) is 1.67. The SMILES string of the molecule is CNCc1cc(-c2ccccc2)n(C)n1. The standard InChI is InChI=1S/C12H15N3/c1-13-9-11-8-12(15(2)14-11)10-6-4-3-5-7-10/h3-8,13H,9H2,1-2H3. The van der Waals surface area contributed by atoms with E-state index in [9.17, 15) is 0 Å². The van der Waals surface area contributed by atoms with E-state index in [0.29, 0.717) is 0 Å². The van der Waals surface area contributed by atoms with Gasteiger partial charge in [-0.2, -0.15) is 5.10 Å². The maximum absolute atomic E-state index is 4.43. The number of benzene rings is 1. The van der Waals surface area contributed by atoms with Crippen molar-refractivity contribution in [2.45, 2.75) is 6.54 Å². The van der Waals surface area contributed by atoms with Crippen LogP contribution in [0.15, 0.2) is 36.4 Å². The summed E-state index contributed by atoms with van der Waals surface area (Å²) >= 11 is 0. The second-order valence-corrected chi connectivity index (χ2v) is 3.54. The van der Waals surface area contributed by atoms with Gasteiger partial charge < -0.3 is 5.32 Å². The third kappa shape index (κ3) is 2.07. The summed E-state index contributed by atoms with van der Waals surface area (Å²) in [6.45, 7) is 0.806. The van der Waals surface area contributed by atoms with Gasteiger partial charge >= 0.3 is 0 Å². The predicted molar refractivity (Wildman–Crippen MR) is 61.4 cm³/mol. The van der Waals surface area contributed by atoms with Crippen molar-refractivity contribution < 1.29 is 0 Å². The summed E-state index contributed by atoms with van der Waals surface area (Å²) in [4.78, 5) is 0. The average Bonchev–Trinajstić information content (AvgIpc) is 2.61. The molecule has 0 aliphatic heterocycles. The van der Waals surface area contributed by atoms with Crippen LogP contribution in [0.25, 0.3) is 11.3 Å². The molecule has 0 saturated carbocycles. The highest BCUT2D eigenvalue weighted by Gasteiger charge is 2.05. The van der Waals surface area contributed by atoms with E-state index in [1.807, 2.05) is 37.0 Å². The van der Waals surface area contributed by atoms with Gasteiger partial charge in [-0.05, 0) is 18.7 Å². The highest BCUT2D eigenvalue weighted by atomic mass is 15.3. The molecule has 3 nitrogen and oxygen atoms in total. The van der Waals surface area contributed by atoms with Crippen molar-refractivity contribution in [1.29, 1.82) is 0 Å². The van der Waals surface area contributed by atoms with Gasteiger partial charge in [0.15, 0.2) is 0 Å². The Morgan fingerprint density at radius 3 is 2.67 bits per heavy atom. The number of aryl methyl sites for hydroxylation is 1. The molecule has 0 amide bonds. The van der Waals surface area contributed by atoms with Crippen molar-refractivity contribution in [2.75, 3.05) is 7.05 Å². The Bertz CT molecular complexity index is 431. The molecule has 0 aliphatic carbocycles. The summed E-state index contributed by atoms with van der Waals surface area (Å²) in [6.07, 6.45) is 0. The molecular formula is C12H15N3. The maximum Gasteiger partial charge on any atom is 0.0768 e. The summed E-state index contributed by atoms with van der Waals surface area (Å²) < 4.78 is 1.92. The van der Waals surface area contributed by atoms with Gasteiger partial charge in [-0.3, -0.25) is 4.68 Å². The van der Waals surface area contributed by atoms with Crippen molar-refractivity contribution in [3.05, 3.63) is 42.1 Å². The van der Waals surface area contributed by atoms with Crippen molar-refractivity contribution in [1.82, 2.24) is 15.1 Å². The lowest BCUT2D eigenvalue weighted by molar-refractivity contribution is 0.716. The molecule has 0 bridgehead atoms. The predicted octanol–water partition coefficient (Wildman–Crippen LogP) is 1.81. The fourth-order valence-electron chi connectivity index (χ4n) is 1.67. The van der Waals surface area contributed by atoms with Crippen LogP contribution < -0.4 is 5.32 Å². The second kappa shape index (κ2) is 4.28. The minimum absolute atomic E-state index is 0.806. The zero-order valence-electron chi connectivity index (χ0n) is 9.07. The Morgan fingerprint density at radius 1 is 1.27 bits per heavy atom. The molecule has 78 valence electrons. The zero-order chi connectivity index (χ0) is 10.7. The van der Waals surface area contributed by atoms with Gasteiger partial charge in [0.05, 0.1) is 11.4 Å². The van der Waals surface area contributed by atoms with E-state index in [0.717, 1.165) is 17.9 Å². The fraction of sp³-hybridized carbons (Fsp3) is 0.250. The number of nitrogens with one attached hydrogen (secondary N) is 1. The van der Waals surface area contributed by atoms with Gasteiger partial charge in [-0.25, -0.2) is 0 Å². The van der Waals surface area contributed by atoms with Crippen LogP contribution in [0.2, 0.25) is 0 Å². The topological polar surface area (TPSA) is 29.9 Å². The summed E-state index contributed by atoms with van der Waals surface area (Å²) in [6, 6.07) is 12.4. The molecule has 3 heteroatoms. The molecule has 2 aromatic rings. The molecule has 1 N–H and O–H groups in total. The first-order chi connectivity index (χ1) is 7.31. The average molecular weight is 201 g/mol. The molecule has 0 saturated heterocycles. The molecule has 2 rings (SSSR count). The number of hydrogen-bond donors (Lipinski definition) is 1. The monoisotopic (exact) mass is 201 g/mol. The van der Waals surface area contributed by atoms with E-state index in [4.69, 9.17) is 0 Å². The van der Waals surface area contributed by atoms with Crippen LogP contribution in [0.1, 0.15) is 5.69 Å². The quantitative estimate of drug-likeness (QED) is 0.820. The molecule has 1 aromatic heterocycles. The molecule has 0 fully saturated rings. The minimum atomic E-state index is 0.806. The molecule has 0 aliphatic rings. The molecule has 1 aromatic carbocycles. The van der Waals surface area contributed by atoms with E-state index < -0.39 is 0 Å².